The minimum absolute atomic E-state index is 0.139. The van der Waals surface area contributed by atoms with Crippen molar-refractivity contribution in [3.05, 3.63) is 22.7 Å². The monoisotopic (exact) mass is 395 g/mol. The molecule has 6 nitrogen and oxygen atoms in total. The number of hydrogen-bond donors (Lipinski definition) is 1. The van der Waals surface area contributed by atoms with Crippen LogP contribution in [0.5, 0.6) is 11.5 Å². The lowest BCUT2D eigenvalue weighted by atomic mass is 9.86. The van der Waals surface area contributed by atoms with Gasteiger partial charge < -0.3 is 19.5 Å². The maximum Gasteiger partial charge on any atom is 0.339 e. The summed E-state index contributed by atoms with van der Waals surface area (Å²) in [5.41, 5.74) is 0.231. The van der Waals surface area contributed by atoms with E-state index >= 15 is 0 Å². The molecule has 0 saturated heterocycles. The summed E-state index contributed by atoms with van der Waals surface area (Å²) in [5.74, 6) is 0.392. The van der Waals surface area contributed by atoms with Gasteiger partial charge in [0.2, 0.25) is 0 Å². The van der Waals surface area contributed by atoms with Gasteiger partial charge in [-0.2, -0.15) is 0 Å². The molecule has 3 rings (SSSR count). The van der Waals surface area contributed by atoms with Crippen LogP contribution in [0.1, 0.15) is 56.3 Å². The Kier molecular flexibility index (Phi) is 6.47. The minimum Gasteiger partial charge on any atom is -0.489 e. The van der Waals surface area contributed by atoms with Gasteiger partial charge >= 0.3 is 5.97 Å². The predicted molar refractivity (Wildman–Crippen MR) is 101 cm³/mol. The van der Waals surface area contributed by atoms with E-state index in [1.165, 1.54) is 12.5 Å². The lowest BCUT2D eigenvalue weighted by Crippen LogP contribution is -2.45. The van der Waals surface area contributed by atoms with E-state index in [9.17, 15) is 9.59 Å². The summed E-state index contributed by atoms with van der Waals surface area (Å²) >= 11 is 6.22. The maximum absolute atomic E-state index is 12.5. The molecule has 3 atom stereocenters. The van der Waals surface area contributed by atoms with Crippen molar-refractivity contribution >= 4 is 23.5 Å². The highest BCUT2D eigenvalue weighted by molar-refractivity contribution is 6.32. The normalized spacial score (nSPS) is 23.1. The Morgan fingerprint density at radius 2 is 1.93 bits per heavy atom. The molecule has 148 valence electrons. The van der Waals surface area contributed by atoms with Gasteiger partial charge in [-0.3, -0.25) is 4.79 Å². The summed E-state index contributed by atoms with van der Waals surface area (Å²) < 4.78 is 16.5. The van der Waals surface area contributed by atoms with Gasteiger partial charge in [0.05, 0.1) is 23.8 Å². The van der Waals surface area contributed by atoms with Crippen molar-refractivity contribution < 1.29 is 23.8 Å². The van der Waals surface area contributed by atoms with E-state index in [0.717, 1.165) is 25.7 Å². The number of benzene rings is 1. The molecular formula is C20H26ClNO5. The standard InChI is InChI=1S/C20H26ClNO5/c1-12-6-3-4-7-16(12)22-19(23)13(2)27-20(24)14-10-15(21)18-17(11-14)25-8-5-9-26-18/h10-13,16H,3-9H2,1-2H3,(H,22,23). The zero-order valence-electron chi connectivity index (χ0n) is 15.8. The van der Waals surface area contributed by atoms with E-state index in [-0.39, 0.29) is 22.5 Å². The zero-order chi connectivity index (χ0) is 19.4. The first-order valence-electron chi connectivity index (χ1n) is 9.56. The van der Waals surface area contributed by atoms with Crippen molar-refractivity contribution in [2.45, 2.75) is 58.1 Å². The van der Waals surface area contributed by atoms with Crippen LogP contribution >= 0.6 is 11.6 Å². The molecule has 27 heavy (non-hydrogen) atoms. The van der Waals surface area contributed by atoms with Gasteiger partial charge in [0.15, 0.2) is 17.6 Å². The van der Waals surface area contributed by atoms with Gasteiger partial charge in [-0.25, -0.2) is 4.79 Å². The maximum atomic E-state index is 12.5. The highest BCUT2D eigenvalue weighted by atomic mass is 35.5. The Bertz CT molecular complexity index is 708. The van der Waals surface area contributed by atoms with E-state index in [2.05, 4.69) is 12.2 Å². The third-order valence-corrected chi connectivity index (χ3v) is 5.41. The fraction of sp³-hybridized carbons (Fsp3) is 0.600. The van der Waals surface area contributed by atoms with Gasteiger partial charge in [0, 0.05) is 12.5 Å². The van der Waals surface area contributed by atoms with Crippen LogP contribution < -0.4 is 14.8 Å². The highest BCUT2D eigenvalue weighted by Gasteiger charge is 2.27. The molecular weight excluding hydrogens is 370 g/mol. The second-order valence-corrected chi connectivity index (χ2v) is 7.67. The molecule has 1 N–H and O–H groups in total. The Morgan fingerprint density at radius 3 is 2.70 bits per heavy atom. The largest absolute Gasteiger partial charge is 0.489 e. The average molecular weight is 396 g/mol. The van der Waals surface area contributed by atoms with Crippen LogP contribution in [0, 0.1) is 5.92 Å². The number of esters is 1. The van der Waals surface area contributed by atoms with E-state index in [1.807, 2.05) is 0 Å². The molecule has 1 amide bonds. The molecule has 1 heterocycles. The highest BCUT2D eigenvalue weighted by Crippen LogP contribution is 2.38. The Labute approximate surface area is 164 Å². The molecule has 1 aromatic carbocycles. The number of carbonyl (C=O) groups excluding carboxylic acids is 2. The molecule has 1 aliphatic carbocycles. The topological polar surface area (TPSA) is 73.9 Å². The number of rotatable bonds is 4. The number of fused-ring (bicyclic) bond motifs is 1. The van der Waals surface area contributed by atoms with Crippen LogP contribution in [0.4, 0.5) is 0 Å². The molecule has 0 radical (unpaired) electrons. The van der Waals surface area contributed by atoms with Crippen molar-refractivity contribution in [2.24, 2.45) is 5.92 Å². The minimum atomic E-state index is -0.888. The Balaban J connectivity index is 1.63. The van der Waals surface area contributed by atoms with Gasteiger partial charge in [0.25, 0.3) is 5.91 Å². The molecule has 1 saturated carbocycles. The summed E-state index contributed by atoms with van der Waals surface area (Å²) in [4.78, 5) is 24.9. The van der Waals surface area contributed by atoms with Crippen molar-refractivity contribution in [2.75, 3.05) is 13.2 Å². The molecule has 0 aromatic heterocycles. The van der Waals surface area contributed by atoms with Crippen molar-refractivity contribution in [1.29, 1.82) is 0 Å². The SMILES string of the molecule is CC(OC(=O)c1cc(Cl)c2c(c1)OCCCO2)C(=O)NC1CCCCC1C. The molecule has 3 unspecified atom stereocenters. The first kappa shape index (κ1) is 19.8. The molecule has 1 aromatic rings. The van der Waals surface area contributed by atoms with Crippen LogP contribution in [0.3, 0.4) is 0 Å². The number of carbonyl (C=O) groups is 2. The second-order valence-electron chi connectivity index (χ2n) is 7.26. The molecule has 1 aliphatic heterocycles. The average Bonchev–Trinajstić information content (AvgIpc) is 2.89. The third kappa shape index (κ3) is 4.86. The lowest BCUT2D eigenvalue weighted by molar-refractivity contribution is -0.130. The summed E-state index contributed by atoms with van der Waals surface area (Å²) in [6, 6.07) is 3.16. The Morgan fingerprint density at radius 1 is 1.19 bits per heavy atom. The van der Waals surface area contributed by atoms with Crippen LogP contribution in [0.25, 0.3) is 0 Å². The van der Waals surface area contributed by atoms with Crippen LogP contribution in [0.2, 0.25) is 5.02 Å². The Hall–Kier alpha value is -1.95. The van der Waals surface area contributed by atoms with Gasteiger partial charge in [-0.1, -0.05) is 31.4 Å². The van der Waals surface area contributed by atoms with E-state index < -0.39 is 12.1 Å². The zero-order valence-corrected chi connectivity index (χ0v) is 16.5. The first-order chi connectivity index (χ1) is 13.0. The molecule has 1 fully saturated rings. The van der Waals surface area contributed by atoms with Crippen molar-refractivity contribution in [3.8, 4) is 11.5 Å². The third-order valence-electron chi connectivity index (χ3n) is 5.13. The second kappa shape index (κ2) is 8.83. The smallest absolute Gasteiger partial charge is 0.339 e. The molecule has 7 heteroatoms. The predicted octanol–water partition coefficient (Wildman–Crippen LogP) is 3.74. The first-order valence-corrected chi connectivity index (χ1v) is 9.94. The van der Waals surface area contributed by atoms with Crippen LogP contribution in [0.15, 0.2) is 12.1 Å². The number of amides is 1. The van der Waals surface area contributed by atoms with Crippen molar-refractivity contribution in [1.82, 2.24) is 5.32 Å². The summed E-state index contributed by atoms with van der Waals surface area (Å²) in [6.07, 6.45) is 4.23. The summed E-state index contributed by atoms with van der Waals surface area (Å²) in [6.45, 7) is 4.71. The summed E-state index contributed by atoms with van der Waals surface area (Å²) in [5, 5.41) is 3.29. The van der Waals surface area contributed by atoms with Crippen LogP contribution in [-0.4, -0.2) is 37.2 Å². The van der Waals surface area contributed by atoms with E-state index in [4.69, 9.17) is 25.8 Å². The number of hydrogen-bond acceptors (Lipinski definition) is 5. The number of ether oxygens (including phenoxy) is 3. The number of halogens is 1. The number of nitrogens with one attached hydrogen (secondary N) is 1. The molecule has 2 aliphatic rings. The van der Waals surface area contributed by atoms with E-state index in [1.54, 1.807) is 13.0 Å². The van der Waals surface area contributed by atoms with Gasteiger partial charge in [-0.15, -0.1) is 0 Å². The lowest BCUT2D eigenvalue weighted by Gasteiger charge is -2.30. The summed E-state index contributed by atoms with van der Waals surface area (Å²) in [7, 11) is 0. The van der Waals surface area contributed by atoms with Crippen molar-refractivity contribution in [3.63, 3.8) is 0 Å². The van der Waals surface area contributed by atoms with Gasteiger partial charge in [-0.05, 0) is 37.8 Å². The van der Waals surface area contributed by atoms with Gasteiger partial charge in [0.1, 0.15) is 0 Å². The molecule has 0 spiro atoms. The fourth-order valence-corrected chi connectivity index (χ4v) is 3.73. The molecule has 0 bridgehead atoms. The van der Waals surface area contributed by atoms with Crippen LogP contribution in [-0.2, 0) is 9.53 Å². The van der Waals surface area contributed by atoms with E-state index in [0.29, 0.717) is 30.6 Å². The fourth-order valence-electron chi connectivity index (χ4n) is 3.46. The quantitative estimate of drug-likeness (QED) is 0.786.